The van der Waals surface area contributed by atoms with Crippen LogP contribution in [0.1, 0.15) is 19.8 Å². The Morgan fingerprint density at radius 2 is 2.27 bits per heavy atom. The molecule has 0 rings (SSSR count). The number of nitrogens with two attached hydrogens (primary N) is 1. The highest BCUT2D eigenvalue weighted by Crippen LogP contribution is 2.03. The minimum absolute atomic E-state index is 0.355. The number of rotatable bonds is 4. The van der Waals surface area contributed by atoms with E-state index in [1.54, 1.807) is 0 Å². The molecule has 0 saturated carbocycles. The van der Waals surface area contributed by atoms with Crippen LogP contribution in [0.25, 0.3) is 0 Å². The highest BCUT2D eigenvalue weighted by molar-refractivity contribution is 5.75. The van der Waals surface area contributed by atoms with Gasteiger partial charge in [0, 0.05) is 0 Å². The molecule has 0 bridgehead atoms. The summed E-state index contributed by atoms with van der Waals surface area (Å²) >= 11 is 0. The Morgan fingerprint density at radius 1 is 1.73 bits per heavy atom. The van der Waals surface area contributed by atoms with Crippen molar-refractivity contribution in [1.29, 1.82) is 0 Å². The van der Waals surface area contributed by atoms with E-state index in [-0.39, 0.29) is 5.97 Å². The van der Waals surface area contributed by atoms with Crippen LogP contribution in [0.4, 0.5) is 0 Å². The van der Waals surface area contributed by atoms with Crippen LogP contribution < -0.4 is 5.73 Å². The molecule has 0 radical (unpaired) electrons. The lowest BCUT2D eigenvalue weighted by Crippen LogP contribution is -2.31. The van der Waals surface area contributed by atoms with Gasteiger partial charge >= 0.3 is 5.97 Å². The van der Waals surface area contributed by atoms with Gasteiger partial charge in [-0.2, -0.15) is 0 Å². The predicted molar refractivity (Wildman–Crippen MR) is 44.0 cm³/mol. The molecule has 0 amide bonds. The lowest BCUT2D eigenvalue weighted by Gasteiger charge is -2.07. The second kappa shape index (κ2) is 4.91. The standard InChI is InChI=1S/C8H15NO2/c1-6(2)4-5-7(9)8(10)11-3/h7H,1,4-5,9H2,2-3H3/t7-/m1/s1. The summed E-state index contributed by atoms with van der Waals surface area (Å²) in [4.78, 5) is 10.7. The van der Waals surface area contributed by atoms with E-state index < -0.39 is 6.04 Å². The molecule has 0 aromatic heterocycles. The van der Waals surface area contributed by atoms with Crippen molar-refractivity contribution in [3.05, 3.63) is 12.2 Å². The maximum absolute atomic E-state index is 10.7. The zero-order valence-electron chi connectivity index (χ0n) is 7.09. The number of esters is 1. The van der Waals surface area contributed by atoms with E-state index in [4.69, 9.17) is 5.73 Å². The number of methoxy groups -OCH3 is 1. The van der Waals surface area contributed by atoms with Crippen molar-refractivity contribution in [3.8, 4) is 0 Å². The van der Waals surface area contributed by atoms with Gasteiger partial charge in [-0.15, -0.1) is 6.58 Å². The second-order valence-corrected chi connectivity index (χ2v) is 2.63. The molecule has 3 nitrogen and oxygen atoms in total. The Bertz CT molecular complexity index is 154. The van der Waals surface area contributed by atoms with Gasteiger partial charge in [0.05, 0.1) is 7.11 Å². The van der Waals surface area contributed by atoms with E-state index in [0.717, 1.165) is 12.0 Å². The minimum atomic E-state index is -0.503. The Morgan fingerprint density at radius 3 is 2.64 bits per heavy atom. The third-order valence-electron chi connectivity index (χ3n) is 1.39. The average molecular weight is 157 g/mol. The van der Waals surface area contributed by atoms with Gasteiger partial charge in [-0.05, 0) is 19.8 Å². The van der Waals surface area contributed by atoms with E-state index >= 15 is 0 Å². The largest absolute Gasteiger partial charge is 0.468 e. The molecule has 0 aliphatic rings. The Hall–Kier alpha value is -0.830. The van der Waals surface area contributed by atoms with Crippen molar-refractivity contribution >= 4 is 5.97 Å². The molecule has 0 heterocycles. The van der Waals surface area contributed by atoms with Gasteiger partial charge in [0.2, 0.25) is 0 Å². The van der Waals surface area contributed by atoms with E-state index in [1.165, 1.54) is 7.11 Å². The van der Waals surface area contributed by atoms with E-state index in [2.05, 4.69) is 11.3 Å². The van der Waals surface area contributed by atoms with Gasteiger partial charge in [-0.3, -0.25) is 4.79 Å². The van der Waals surface area contributed by atoms with E-state index in [9.17, 15) is 4.79 Å². The summed E-state index contributed by atoms with van der Waals surface area (Å²) in [5.74, 6) is -0.355. The summed E-state index contributed by atoms with van der Waals surface area (Å²) in [6.07, 6.45) is 1.39. The van der Waals surface area contributed by atoms with E-state index in [1.807, 2.05) is 6.92 Å². The summed E-state index contributed by atoms with van der Waals surface area (Å²) < 4.78 is 4.45. The lowest BCUT2D eigenvalue weighted by atomic mass is 10.1. The smallest absolute Gasteiger partial charge is 0.322 e. The zero-order valence-corrected chi connectivity index (χ0v) is 7.09. The third kappa shape index (κ3) is 4.56. The fourth-order valence-corrected chi connectivity index (χ4v) is 0.671. The van der Waals surface area contributed by atoms with Gasteiger partial charge in [-0.1, -0.05) is 5.57 Å². The Labute approximate surface area is 67.2 Å². The third-order valence-corrected chi connectivity index (χ3v) is 1.39. The van der Waals surface area contributed by atoms with Crippen molar-refractivity contribution in [3.63, 3.8) is 0 Å². The Balaban J connectivity index is 3.60. The number of carbonyl (C=O) groups excluding carboxylic acids is 1. The van der Waals surface area contributed by atoms with Crippen LogP contribution in [-0.2, 0) is 9.53 Å². The van der Waals surface area contributed by atoms with Crippen LogP contribution in [0.15, 0.2) is 12.2 Å². The maximum Gasteiger partial charge on any atom is 0.322 e. The van der Waals surface area contributed by atoms with Crippen LogP contribution in [0.3, 0.4) is 0 Å². The quantitative estimate of drug-likeness (QED) is 0.486. The molecule has 0 aliphatic heterocycles. The average Bonchev–Trinajstić information content (AvgIpc) is 1.98. The zero-order chi connectivity index (χ0) is 8.85. The summed E-state index contributed by atoms with van der Waals surface area (Å²) in [6, 6.07) is -0.503. The van der Waals surface area contributed by atoms with Gasteiger partial charge in [0.1, 0.15) is 6.04 Å². The molecular formula is C8H15NO2. The van der Waals surface area contributed by atoms with Crippen LogP contribution in [-0.4, -0.2) is 19.1 Å². The van der Waals surface area contributed by atoms with Gasteiger partial charge < -0.3 is 10.5 Å². The van der Waals surface area contributed by atoms with Crippen molar-refractivity contribution in [2.75, 3.05) is 7.11 Å². The number of hydrogen-bond donors (Lipinski definition) is 1. The van der Waals surface area contributed by atoms with Crippen molar-refractivity contribution in [2.24, 2.45) is 5.73 Å². The number of hydrogen-bond acceptors (Lipinski definition) is 3. The van der Waals surface area contributed by atoms with Crippen molar-refractivity contribution < 1.29 is 9.53 Å². The van der Waals surface area contributed by atoms with E-state index in [0.29, 0.717) is 6.42 Å². The number of allylic oxidation sites excluding steroid dienone is 1. The molecule has 0 aromatic carbocycles. The SMILES string of the molecule is C=C(C)CC[C@@H](N)C(=O)OC. The van der Waals surface area contributed by atoms with Crippen LogP contribution >= 0.6 is 0 Å². The molecular weight excluding hydrogens is 142 g/mol. The van der Waals surface area contributed by atoms with Gasteiger partial charge in [-0.25, -0.2) is 0 Å². The molecule has 0 aromatic rings. The topological polar surface area (TPSA) is 52.3 Å². The first kappa shape index (κ1) is 10.2. The van der Waals surface area contributed by atoms with Crippen LogP contribution in [0.5, 0.6) is 0 Å². The maximum atomic E-state index is 10.7. The molecule has 0 unspecified atom stereocenters. The lowest BCUT2D eigenvalue weighted by molar-refractivity contribution is -0.142. The molecule has 0 fully saturated rings. The molecule has 64 valence electrons. The van der Waals surface area contributed by atoms with Crippen molar-refractivity contribution in [1.82, 2.24) is 0 Å². The van der Waals surface area contributed by atoms with Crippen LogP contribution in [0, 0.1) is 0 Å². The molecule has 11 heavy (non-hydrogen) atoms. The predicted octanol–water partition coefficient (Wildman–Crippen LogP) is 0.843. The number of carbonyl (C=O) groups is 1. The monoisotopic (exact) mass is 157 g/mol. The first-order valence-electron chi connectivity index (χ1n) is 3.55. The van der Waals surface area contributed by atoms with Crippen molar-refractivity contribution in [2.45, 2.75) is 25.8 Å². The molecule has 2 N–H and O–H groups in total. The summed E-state index contributed by atoms with van der Waals surface area (Å²) in [5, 5.41) is 0. The molecule has 0 aliphatic carbocycles. The fraction of sp³-hybridized carbons (Fsp3) is 0.625. The highest BCUT2D eigenvalue weighted by Gasteiger charge is 2.12. The first-order chi connectivity index (χ1) is 5.07. The molecule has 3 heteroatoms. The van der Waals surface area contributed by atoms with Gasteiger partial charge in [0.15, 0.2) is 0 Å². The summed E-state index contributed by atoms with van der Waals surface area (Å²) in [5.41, 5.74) is 6.49. The Kier molecular flexibility index (Phi) is 4.54. The molecule has 0 saturated heterocycles. The highest BCUT2D eigenvalue weighted by atomic mass is 16.5. The van der Waals surface area contributed by atoms with Crippen LogP contribution in [0.2, 0.25) is 0 Å². The fourth-order valence-electron chi connectivity index (χ4n) is 0.671. The second-order valence-electron chi connectivity index (χ2n) is 2.63. The summed E-state index contributed by atoms with van der Waals surface area (Å²) in [7, 11) is 1.34. The molecule has 1 atom stereocenters. The summed E-state index contributed by atoms with van der Waals surface area (Å²) in [6.45, 7) is 5.61. The van der Waals surface area contributed by atoms with Gasteiger partial charge in [0.25, 0.3) is 0 Å². The normalized spacial score (nSPS) is 12.3. The molecule has 0 spiro atoms. The minimum Gasteiger partial charge on any atom is -0.468 e. The number of ether oxygens (including phenoxy) is 1. The first-order valence-corrected chi connectivity index (χ1v) is 3.55.